The lowest BCUT2D eigenvalue weighted by molar-refractivity contribution is 0.0939. The molecule has 1 unspecified atom stereocenters. The van der Waals surface area contributed by atoms with Gasteiger partial charge >= 0.3 is 0 Å². The van der Waals surface area contributed by atoms with Crippen LogP contribution < -0.4 is 5.32 Å². The monoisotopic (exact) mass is 349 g/mol. The van der Waals surface area contributed by atoms with Gasteiger partial charge in [-0.2, -0.15) is 0 Å². The van der Waals surface area contributed by atoms with Crippen LogP contribution in [0.1, 0.15) is 34.5 Å². The first kappa shape index (κ1) is 15.1. The second kappa shape index (κ2) is 6.46. The lowest BCUT2D eigenvalue weighted by atomic mass is 10.1. The average Bonchev–Trinajstić information content (AvgIpc) is 2.41. The van der Waals surface area contributed by atoms with E-state index in [1.807, 2.05) is 50.2 Å². The zero-order valence-electron chi connectivity index (χ0n) is 11.4. The predicted octanol–water partition coefficient (Wildman–Crippen LogP) is 4.54. The minimum atomic E-state index is -0.0779. The van der Waals surface area contributed by atoms with E-state index in [0.29, 0.717) is 5.56 Å². The lowest BCUT2D eigenvalue weighted by Crippen LogP contribution is -2.27. The molecule has 1 atom stereocenters. The molecule has 0 heterocycles. The van der Waals surface area contributed by atoms with Gasteiger partial charge in [0.1, 0.15) is 0 Å². The molecule has 2 aromatic carbocycles. The van der Waals surface area contributed by atoms with Crippen LogP contribution in [0.4, 0.5) is 0 Å². The van der Waals surface area contributed by atoms with Gasteiger partial charge in [-0.05, 0) is 49.2 Å². The molecule has 2 aromatic rings. The van der Waals surface area contributed by atoms with Crippen molar-refractivity contribution in [3.63, 3.8) is 0 Å². The van der Waals surface area contributed by atoms with Crippen molar-refractivity contribution in [2.24, 2.45) is 0 Å². The number of hydrogen-bond acceptors (Lipinski definition) is 2. The van der Waals surface area contributed by atoms with Crippen molar-refractivity contribution in [2.75, 3.05) is 0 Å². The summed E-state index contributed by atoms with van der Waals surface area (Å²) in [5.41, 5.74) is 2.67. The quantitative estimate of drug-likeness (QED) is 0.782. The Morgan fingerprint density at radius 1 is 1.25 bits per heavy atom. The first-order valence-electron chi connectivity index (χ1n) is 6.33. The van der Waals surface area contributed by atoms with Gasteiger partial charge in [0.05, 0.1) is 6.04 Å². The number of carbonyl (C=O) groups excluding carboxylic acids is 1. The second-order valence-corrected chi connectivity index (χ2v) is 6.18. The molecule has 0 aliphatic carbocycles. The smallest absolute Gasteiger partial charge is 0.252 e. The van der Waals surface area contributed by atoms with Crippen molar-refractivity contribution >= 4 is 34.5 Å². The molecule has 0 aliphatic rings. The molecule has 104 valence electrons. The summed E-state index contributed by atoms with van der Waals surface area (Å²) in [6.45, 7) is 3.89. The van der Waals surface area contributed by atoms with E-state index in [0.717, 1.165) is 20.5 Å². The molecule has 0 bridgehead atoms. The van der Waals surface area contributed by atoms with Crippen molar-refractivity contribution < 1.29 is 4.79 Å². The highest BCUT2D eigenvalue weighted by atomic mass is 79.9. The molecule has 0 radical (unpaired) electrons. The van der Waals surface area contributed by atoms with Crippen molar-refractivity contribution in [1.29, 1.82) is 0 Å². The second-order valence-electron chi connectivity index (χ2n) is 4.75. The molecular formula is C16H16BrNOS. The molecule has 0 fully saturated rings. The summed E-state index contributed by atoms with van der Waals surface area (Å²) in [6.07, 6.45) is 0. The van der Waals surface area contributed by atoms with Crippen molar-refractivity contribution in [3.8, 4) is 0 Å². The highest BCUT2D eigenvalue weighted by Gasteiger charge is 2.13. The summed E-state index contributed by atoms with van der Waals surface area (Å²) in [4.78, 5) is 13.1. The van der Waals surface area contributed by atoms with E-state index in [1.165, 1.54) is 0 Å². The van der Waals surface area contributed by atoms with Crippen LogP contribution in [0.5, 0.6) is 0 Å². The summed E-state index contributed by atoms with van der Waals surface area (Å²) in [6, 6.07) is 13.5. The van der Waals surface area contributed by atoms with Crippen LogP contribution in [0, 0.1) is 6.92 Å². The van der Waals surface area contributed by atoms with Gasteiger partial charge in [-0.25, -0.2) is 0 Å². The molecule has 2 rings (SSSR count). The molecule has 1 amide bonds. The summed E-state index contributed by atoms with van der Waals surface area (Å²) in [5.74, 6) is -0.0779. The number of halogens is 1. The maximum atomic E-state index is 12.3. The molecule has 0 aliphatic heterocycles. The number of aryl methyl sites for hydroxylation is 1. The third-order valence-corrected chi connectivity index (χ3v) is 3.93. The number of benzene rings is 2. The molecule has 0 aromatic heterocycles. The van der Waals surface area contributed by atoms with Crippen LogP contribution in [0.2, 0.25) is 0 Å². The van der Waals surface area contributed by atoms with Crippen molar-refractivity contribution in [1.82, 2.24) is 5.32 Å². The Bertz CT molecular complexity index is 642. The van der Waals surface area contributed by atoms with Gasteiger partial charge in [-0.1, -0.05) is 34.1 Å². The fourth-order valence-electron chi connectivity index (χ4n) is 1.99. The fourth-order valence-corrected chi connectivity index (χ4v) is 2.61. The number of hydrogen-bond donors (Lipinski definition) is 2. The minimum Gasteiger partial charge on any atom is -0.346 e. The van der Waals surface area contributed by atoms with E-state index in [-0.39, 0.29) is 11.9 Å². The molecular weight excluding hydrogens is 334 g/mol. The van der Waals surface area contributed by atoms with E-state index < -0.39 is 0 Å². The number of thiol groups is 1. The first-order chi connectivity index (χ1) is 9.47. The summed E-state index contributed by atoms with van der Waals surface area (Å²) < 4.78 is 1.00. The highest BCUT2D eigenvalue weighted by molar-refractivity contribution is 9.10. The topological polar surface area (TPSA) is 29.1 Å². The Balaban J connectivity index is 2.17. The van der Waals surface area contributed by atoms with E-state index in [9.17, 15) is 4.79 Å². The maximum Gasteiger partial charge on any atom is 0.252 e. The van der Waals surface area contributed by atoms with Gasteiger partial charge in [-0.3, -0.25) is 4.79 Å². The Hall–Kier alpha value is -1.26. The zero-order valence-corrected chi connectivity index (χ0v) is 13.8. The van der Waals surface area contributed by atoms with Gasteiger partial charge in [0.15, 0.2) is 0 Å². The largest absolute Gasteiger partial charge is 0.346 e. The van der Waals surface area contributed by atoms with Crippen LogP contribution in [0.15, 0.2) is 51.8 Å². The van der Waals surface area contributed by atoms with E-state index >= 15 is 0 Å². The fraction of sp³-hybridized carbons (Fsp3) is 0.188. The lowest BCUT2D eigenvalue weighted by Gasteiger charge is -2.16. The minimum absolute atomic E-state index is 0.0528. The molecule has 1 N–H and O–H groups in total. The first-order valence-corrected chi connectivity index (χ1v) is 7.57. The van der Waals surface area contributed by atoms with Crippen LogP contribution in [-0.4, -0.2) is 5.91 Å². The molecule has 20 heavy (non-hydrogen) atoms. The third-order valence-electron chi connectivity index (χ3n) is 3.16. The number of nitrogens with one attached hydrogen (secondary N) is 1. The van der Waals surface area contributed by atoms with Crippen molar-refractivity contribution in [2.45, 2.75) is 24.8 Å². The number of amides is 1. The van der Waals surface area contributed by atoms with Crippen LogP contribution in [-0.2, 0) is 0 Å². The van der Waals surface area contributed by atoms with Crippen LogP contribution >= 0.6 is 28.6 Å². The van der Waals surface area contributed by atoms with Crippen LogP contribution in [0.3, 0.4) is 0 Å². The zero-order chi connectivity index (χ0) is 14.7. The van der Waals surface area contributed by atoms with E-state index in [4.69, 9.17) is 0 Å². The molecule has 0 saturated heterocycles. The SMILES string of the molecule is Cc1ccc(S)cc1C(=O)NC(C)c1cccc(Br)c1. The summed E-state index contributed by atoms with van der Waals surface area (Å²) >= 11 is 7.72. The summed E-state index contributed by atoms with van der Waals surface area (Å²) in [7, 11) is 0. The Morgan fingerprint density at radius 2 is 2.00 bits per heavy atom. The number of carbonyl (C=O) groups is 1. The van der Waals surface area contributed by atoms with Gasteiger partial charge in [-0.15, -0.1) is 12.6 Å². The summed E-state index contributed by atoms with van der Waals surface area (Å²) in [5, 5.41) is 3.01. The maximum absolute atomic E-state index is 12.3. The molecule has 4 heteroatoms. The van der Waals surface area contributed by atoms with E-state index in [2.05, 4.69) is 33.9 Å². The highest BCUT2D eigenvalue weighted by Crippen LogP contribution is 2.19. The normalized spacial score (nSPS) is 12.0. The van der Waals surface area contributed by atoms with Crippen molar-refractivity contribution in [3.05, 3.63) is 63.6 Å². The predicted molar refractivity (Wildman–Crippen MR) is 88.5 cm³/mol. The van der Waals surface area contributed by atoms with Gasteiger partial charge < -0.3 is 5.32 Å². The molecule has 0 spiro atoms. The van der Waals surface area contributed by atoms with Gasteiger partial charge in [0, 0.05) is 14.9 Å². The number of rotatable bonds is 3. The van der Waals surface area contributed by atoms with Gasteiger partial charge in [0.25, 0.3) is 5.91 Å². The standard InChI is InChI=1S/C16H16BrNOS/c1-10-6-7-14(20)9-15(10)16(19)18-11(2)12-4-3-5-13(17)8-12/h3-9,11,20H,1-2H3,(H,18,19). The van der Waals surface area contributed by atoms with Gasteiger partial charge in [0.2, 0.25) is 0 Å². The molecule has 0 saturated carbocycles. The average molecular weight is 350 g/mol. The third kappa shape index (κ3) is 3.64. The Morgan fingerprint density at radius 3 is 2.70 bits per heavy atom. The van der Waals surface area contributed by atoms with E-state index in [1.54, 1.807) is 6.07 Å². The molecule has 2 nitrogen and oxygen atoms in total. The Labute approximate surface area is 133 Å². The Kier molecular flexibility index (Phi) is 4.89. The van der Waals surface area contributed by atoms with Crippen LogP contribution in [0.25, 0.3) is 0 Å².